The van der Waals surface area contributed by atoms with E-state index in [9.17, 15) is 0 Å². The highest BCUT2D eigenvalue weighted by Gasteiger charge is 1.72. The zero-order valence-corrected chi connectivity index (χ0v) is 5.38. The molecule has 0 saturated carbocycles. The highest BCUT2D eigenvalue weighted by Crippen LogP contribution is 1.95. The fourth-order valence-electron chi connectivity index (χ4n) is 0.453. The molecule has 1 aromatic rings. The lowest BCUT2D eigenvalue weighted by atomic mass is 10.3. The second kappa shape index (κ2) is 4.91. The summed E-state index contributed by atoms with van der Waals surface area (Å²) in [5, 5.41) is 0. The minimum absolute atomic E-state index is 0.822. The lowest BCUT2D eigenvalue weighted by Crippen LogP contribution is -1.79. The summed E-state index contributed by atoms with van der Waals surface area (Å²) < 4.78 is 0. The van der Waals surface area contributed by atoms with Crippen LogP contribution < -0.4 is 5.73 Å². The lowest BCUT2D eigenvalue weighted by molar-refractivity contribution is 1.69. The smallest absolute Gasteiger partial charge is 0.0313 e. The Morgan fingerprint density at radius 1 is 1.00 bits per heavy atom. The Morgan fingerprint density at radius 3 is 1.67 bits per heavy atom. The summed E-state index contributed by atoms with van der Waals surface area (Å²) in [6.07, 6.45) is 0. The molecule has 1 nitrogen and oxygen atoms in total. The topological polar surface area (TPSA) is 26.0 Å². The molecule has 0 heterocycles. The van der Waals surface area contributed by atoms with Gasteiger partial charge in [-0.05, 0) is 12.1 Å². The molecule has 1 rings (SSSR count). The van der Waals surface area contributed by atoms with Crippen LogP contribution in [0.5, 0.6) is 0 Å². The maximum atomic E-state index is 5.36. The molecule has 0 unspecified atom stereocenters. The van der Waals surface area contributed by atoms with Gasteiger partial charge in [0.25, 0.3) is 0 Å². The van der Waals surface area contributed by atoms with E-state index in [1.807, 2.05) is 30.3 Å². The minimum atomic E-state index is 0.822. The Balaban J connectivity index is 0.000000291. The summed E-state index contributed by atoms with van der Waals surface area (Å²) in [4.78, 5) is 0. The van der Waals surface area contributed by atoms with Crippen molar-refractivity contribution in [3.05, 3.63) is 43.5 Å². The monoisotopic (exact) mass is 121 g/mol. The van der Waals surface area contributed by atoms with Gasteiger partial charge in [0.2, 0.25) is 0 Å². The van der Waals surface area contributed by atoms with Gasteiger partial charge in [0.1, 0.15) is 0 Å². The van der Waals surface area contributed by atoms with Crippen molar-refractivity contribution in [1.82, 2.24) is 0 Å². The van der Waals surface area contributed by atoms with Gasteiger partial charge in [0, 0.05) is 5.69 Å². The number of para-hydroxylation sites is 1. The van der Waals surface area contributed by atoms with Crippen LogP contribution in [0, 0.1) is 0 Å². The van der Waals surface area contributed by atoms with Crippen LogP contribution in [0.25, 0.3) is 0 Å². The quantitative estimate of drug-likeness (QED) is 0.412. The normalized spacial score (nSPS) is 7.11. The Kier molecular flexibility index (Phi) is 4.23. The number of hydrogen-bond acceptors (Lipinski definition) is 1. The highest BCUT2D eigenvalue weighted by molar-refractivity contribution is 5.35. The van der Waals surface area contributed by atoms with Crippen molar-refractivity contribution in [2.75, 3.05) is 5.73 Å². The molecule has 0 aliphatic heterocycles. The molecule has 0 bridgehead atoms. The van der Waals surface area contributed by atoms with Crippen molar-refractivity contribution in [3.8, 4) is 0 Å². The first-order valence-corrected chi connectivity index (χ1v) is 2.70. The number of anilines is 1. The summed E-state index contributed by atoms with van der Waals surface area (Å²) in [5.74, 6) is 0. The molecule has 2 N–H and O–H groups in total. The number of rotatable bonds is 0. The molecule has 0 spiro atoms. The van der Waals surface area contributed by atoms with Crippen LogP contribution in [0.15, 0.2) is 43.5 Å². The first-order valence-electron chi connectivity index (χ1n) is 2.70. The second-order valence-corrected chi connectivity index (χ2v) is 1.41. The van der Waals surface area contributed by atoms with E-state index in [1.165, 1.54) is 0 Å². The summed E-state index contributed by atoms with van der Waals surface area (Å²) in [7, 11) is 0. The van der Waals surface area contributed by atoms with E-state index in [4.69, 9.17) is 5.73 Å². The van der Waals surface area contributed by atoms with Gasteiger partial charge in [-0.2, -0.15) is 0 Å². The van der Waals surface area contributed by atoms with E-state index in [0.717, 1.165) is 5.69 Å². The van der Waals surface area contributed by atoms with Crippen molar-refractivity contribution in [3.63, 3.8) is 0 Å². The van der Waals surface area contributed by atoms with Crippen molar-refractivity contribution >= 4 is 5.69 Å². The maximum Gasteiger partial charge on any atom is 0.0313 e. The van der Waals surface area contributed by atoms with Gasteiger partial charge in [0.15, 0.2) is 0 Å². The maximum absolute atomic E-state index is 5.36. The Morgan fingerprint density at radius 2 is 1.44 bits per heavy atom. The first kappa shape index (κ1) is 7.76. The van der Waals surface area contributed by atoms with E-state index >= 15 is 0 Å². The Hall–Kier alpha value is -1.24. The molecular formula is C8H11N. The molecule has 0 amide bonds. The molecule has 1 heteroatoms. The van der Waals surface area contributed by atoms with E-state index in [-0.39, 0.29) is 0 Å². The third-order valence-corrected chi connectivity index (χ3v) is 0.800. The van der Waals surface area contributed by atoms with E-state index < -0.39 is 0 Å². The van der Waals surface area contributed by atoms with Crippen LogP contribution in [0.4, 0.5) is 5.69 Å². The fraction of sp³-hybridized carbons (Fsp3) is 0. The minimum Gasteiger partial charge on any atom is -0.399 e. The van der Waals surface area contributed by atoms with Crippen molar-refractivity contribution < 1.29 is 0 Å². The number of hydrogen-bond donors (Lipinski definition) is 1. The standard InChI is InChI=1S/C6H7N.C2H4/c7-6-4-2-1-3-5-6;1-2/h1-5H,7H2;1-2H2. The average Bonchev–Trinajstić information content (AvgIpc) is 1.94. The molecule has 0 radical (unpaired) electrons. The first-order chi connectivity index (χ1) is 4.39. The highest BCUT2D eigenvalue weighted by atomic mass is 14.5. The molecule has 0 aliphatic carbocycles. The summed E-state index contributed by atoms with van der Waals surface area (Å²) >= 11 is 0. The number of nitrogen functional groups attached to an aromatic ring is 1. The van der Waals surface area contributed by atoms with E-state index in [1.54, 1.807) is 0 Å². The fourth-order valence-corrected chi connectivity index (χ4v) is 0.453. The molecule has 0 atom stereocenters. The third-order valence-electron chi connectivity index (χ3n) is 0.800. The van der Waals surface area contributed by atoms with Gasteiger partial charge >= 0.3 is 0 Å². The molecule has 9 heavy (non-hydrogen) atoms. The molecule has 0 aromatic heterocycles. The zero-order chi connectivity index (χ0) is 7.11. The molecule has 0 fully saturated rings. The third kappa shape index (κ3) is 3.35. The van der Waals surface area contributed by atoms with Crippen LogP contribution in [0.2, 0.25) is 0 Å². The van der Waals surface area contributed by atoms with E-state index in [2.05, 4.69) is 13.2 Å². The van der Waals surface area contributed by atoms with Crippen molar-refractivity contribution in [1.29, 1.82) is 0 Å². The molecule has 48 valence electrons. The number of benzene rings is 1. The van der Waals surface area contributed by atoms with Gasteiger partial charge in [0.05, 0.1) is 0 Å². The number of nitrogens with two attached hydrogens (primary N) is 1. The van der Waals surface area contributed by atoms with Crippen LogP contribution in [-0.4, -0.2) is 0 Å². The largest absolute Gasteiger partial charge is 0.399 e. The second-order valence-electron chi connectivity index (χ2n) is 1.41. The van der Waals surface area contributed by atoms with Crippen LogP contribution >= 0.6 is 0 Å². The predicted molar refractivity (Wildman–Crippen MR) is 42.1 cm³/mol. The van der Waals surface area contributed by atoms with Crippen LogP contribution in [0.1, 0.15) is 0 Å². The Labute approximate surface area is 55.8 Å². The molecule has 0 aliphatic rings. The van der Waals surface area contributed by atoms with Gasteiger partial charge < -0.3 is 5.73 Å². The van der Waals surface area contributed by atoms with Crippen molar-refractivity contribution in [2.24, 2.45) is 0 Å². The molecular weight excluding hydrogens is 110 g/mol. The summed E-state index contributed by atoms with van der Waals surface area (Å²) in [6.45, 7) is 6.00. The van der Waals surface area contributed by atoms with Gasteiger partial charge in [-0.15, -0.1) is 13.2 Å². The van der Waals surface area contributed by atoms with Crippen molar-refractivity contribution in [2.45, 2.75) is 0 Å². The Bertz CT molecular complexity index is 146. The SMILES string of the molecule is C=C.Nc1ccccc1. The zero-order valence-electron chi connectivity index (χ0n) is 5.38. The average molecular weight is 121 g/mol. The van der Waals surface area contributed by atoms with Crippen LogP contribution in [-0.2, 0) is 0 Å². The van der Waals surface area contributed by atoms with Gasteiger partial charge in [-0.1, -0.05) is 18.2 Å². The van der Waals surface area contributed by atoms with E-state index in [0.29, 0.717) is 0 Å². The van der Waals surface area contributed by atoms with Gasteiger partial charge in [-0.3, -0.25) is 0 Å². The van der Waals surface area contributed by atoms with Gasteiger partial charge in [-0.25, -0.2) is 0 Å². The summed E-state index contributed by atoms with van der Waals surface area (Å²) in [5.41, 5.74) is 6.18. The molecule has 1 aromatic carbocycles. The summed E-state index contributed by atoms with van der Waals surface area (Å²) in [6, 6.07) is 9.49. The lowest BCUT2D eigenvalue weighted by Gasteiger charge is -1.83. The molecule has 0 saturated heterocycles. The predicted octanol–water partition coefficient (Wildman–Crippen LogP) is 2.07. The van der Waals surface area contributed by atoms with Crippen LogP contribution in [0.3, 0.4) is 0 Å².